The molecule has 2 nitrogen and oxygen atoms in total. The van der Waals surface area contributed by atoms with E-state index in [1.807, 2.05) is 6.07 Å². The Morgan fingerprint density at radius 3 is 3.00 bits per heavy atom. The minimum atomic E-state index is 0.214. The molecule has 1 unspecified atom stereocenters. The van der Waals surface area contributed by atoms with Crippen molar-refractivity contribution in [1.82, 2.24) is 0 Å². The number of rotatable bonds is 4. The summed E-state index contributed by atoms with van der Waals surface area (Å²) in [6, 6.07) is 4.35. The fourth-order valence-electron chi connectivity index (χ4n) is 1.16. The third kappa shape index (κ3) is 3.19. The van der Waals surface area contributed by atoms with Crippen LogP contribution >= 0.6 is 11.3 Å². The quantitative estimate of drug-likeness (QED) is 0.583. The second-order valence-electron chi connectivity index (χ2n) is 3.06. The zero-order valence-corrected chi connectivity index (χ0v) is 8.97. The van der Waals surface area contributed by atoms with Crippen molar-refractivity contribution < 1.29 is 0 Å². The molecule has 0 aliphatic rings. The third-order valence-corrected chi connectivity index (χ3v) is 2.86. The monoisotopic (exact) mass is 196 g/mol. The molecule has 0 saturated carbocycles. The lowest BCUT2D eigenvalue weighted by Gasteiger charge is -2.04. The molecule has 0 bridgehead atoms. The molecule has 1 atom stereocenters. The molecule has 3 heteroatoms. The fourth-order valence-corrected chi connectivity index (χ4v) is 1.88. The lowest BCUT2D eigenvalue weighted by atomic mass is 10.2. The van der Waals surface area contributed by atoms with Gasteiger partial charge in [-0.2, -0.15) is 0 Å². The van der Waals surface area contributed by atoms with Crippen LogP contribution in [-0.2, 0) is 0 Å². The first-order chi connectivity index (χ1) is 6.24. The average molecular weight is 196 g/mol. The summed E-state index contributed by atoms with van der Waals surface area (Å²) in [5.41, 5.74) is 5.75. The number of aliphatic imine (C=N–C) groups is 1. The Balaban J connectivity index is 2.59. The molecule has 1 rings (SSSR count). The van der Waals surface area contributed by atoms with Crippen molar-refractivity contribution in [3.63, 3.8) is 0 Å². The minimum absolute atomic E-state index is 0.214. The number of nitrogens with zero attached hydrogens (tertiary/aromatic N) is 1. The normalized spacial score (nSPS) is 14.5. The van der Waals surface area contributed by atoms with E-state index in [1.165, 1.54) is 4.88 Å². The van der Waals surface area contributed by atoms with E-state index in [1.54, 1.807) is 11.3 Å². The van der Waals surface area contributed by atoms with Gasteiger partial charge in [0.1, 0.15) is 0 Å². The van der Waals surface area contributed by atoms with E-state index in [9.17, 15) is 0 Å². The number of nitrogens with two attached hydrogens (primary N) is 1. The number of amidine groups is 1. The molecule has 0 saturated heterocycles. The lowest BCUT2D eigenvalue weighted by Crippen LogP contribution is -2.12. The topological polar surface area (TPSA) is 38.4 Å². The largest absolute Gasteiger partial charge is 0.387 e. The molecule has 0 aliphatic carbocycles. The van der Waals surface area contributed by atoms with E-state index in [0.717, 1.165) is 18.7 Å². The Morgan fingerprint density at radius 1 is 1.69 bits per heavy atom. The Morgan fingerprint density at radius 2 is 2.46 bits per heavy atom. The molecule has 1 heterocycles. The molecule has 1 aromatic heterocycles. The Hall–Kier alpha value is -0.830. The Kier molecular flexibility index (Phi) is 3.96. The van der Waals surface area contributed by atoms with Crippen LogP contribution in [0.4, 0.5) is 0 Å². The third-order valence-electron chi connectivity index (χ3n) is 1.82. The highest BCUT2D eigenvalue weighted by atomic mass is 32.1. The second kappa shape index (κ2) is 5.02. The predicted molar refractivity (Wildman–Crippen MR) is 59.3 cm³/mol. The molecular weight excluding hydrogens is 180 g/mol. The molecular formula is C10H16N2S. The molecule has 0 aromatic carbocycles. The van der Waals surface area contributed by atoms with Gasteiger partial charge < -0.3 is 5.73 Å². The van der Waals surface area contributed by atoms with Gasteiger partial charge >= 0.3 is 0 Å². The first-order valence-corrected chi connectivity index (χ1v) is 5.47. The Labute approximate surface area is 83.5 Å². The molecule has 2 N–H and O–H groups in total. The summed E-state index contributed by atoms with van der Waals surface area (Å²) in [6.45, 7) is 4.19. The molecule has 72 valence electrons. The molecule has 0 fully saturated rings. The van der Waals surface area contributed by atoms with Crippen molar-refractivity contribution in [1.29, 1.82) is 0 Å². The fraction of sp³-hybridized carbons (Fsp3) is 0.500. The van der Waals surface area contributed by atoms with E-state index in [-0.39, 0.29) is 6.04 Å². The number of thiophene rings is 1. The van der Waals surface area contributed by atoms with Crippen LogP contribution in [0.1, 0.15) is 37.6 Å². The van der Waals surface area contributed by atoms with E-state index in [2.05, 4.69) is 30.3 Å². The second-order valence-corrected chi connectivity index (χ2v) is 4.04. The highest BCUT2D eigenvalue weighted by Gasteiger charge is 2.04. The molecule has 13 heavy (non-hydrogen) atoms. The van der Waals surface area contributed by atoms with Crippen molar-refractivity contribution in [2.75, 3.05) is 0 Å². The molecule has 0 aliphatic heterocycles. The van der Waals surface area contributed by atoms with Crippen LogP contribution in [0, 0.1) is 0 Å². The summed E-state index contributed by atoms with van der Waals surface area (Å²) in [7, 11) is 0. The summed E-state index contributed by atoms with van der Waals surface area (Å²) in [5, 5.41) is 2.07. The van der Waals surface area contributed by atoms with Crippen LogP contribution in [-0.4, -0.2) is 5.84 Å². The van der Waals surface area contributed by atoms with Gasteiger partial charge in [-0.05, 0) is 24.8 Å². The molecule has 1 aromatic rings. The van der Waals surface area contributed by atoms with Crippen LogP contribution < -0.4 is 5.73 Å². The van der Waals surface area contributed by atoms with Crippen LogP contribution in [0.3, 0.4) is 0 Å². The van der Waals surface area contributed by atoms with Crippen molar-refractivity contribution in [3.8, 4) is 0 Å². The maximum Gasteiger partial charge on any atom is 0.0944 e. The van der Waals surface area contributed by atoms with Crippen molar-refractivity contribution in [3.05, 3.63) is 22.4 Å². The minimum Gasteiger partial charge on any atom is -0.387 e. The molecule has 0 radical (unpaired) electrons. The van der Waals surface area contributed by atoms with Crippen molar-refractivity contribution >= 4 is 17.2 Å². The van der Waals surface area contributed by atoms with Gasteiger partial charge in [-0.15, -0.1) is 11.3 Å². The molecule has 0 amide bonds. The zero-order chi connectivity index (χ0) is 9.68. The number of hydrogen-bond donors (Lipinski definition) is 1. The van der Waals surface area contributed by atoms with Crippen LogP contribution in [0.25, 0.3) is 0 Å². The van der Waals surface area contributed by atoms with E-state index in [4.69, 9.17) is 5.73 Å². The first kappa shape index (κ1) is 10.3. The van der Waals surface area contributed by atoms with Gasteiger partial charge in [-0.1, -0.05) is 13.0 Å². The van der Waals surface area contributed by atoms with Gasteiger partial charge in [0.25, 0.3) is 0 Å². The lowest BCUT2D eigenvalue weighted by molar-refractivity contribution is 0.823. The van der Waals surface area contributed by atoms with Gasteiger partial charge in [0, 0.05) is 11.3 Å². The standard InChI is InChI=1S/C10H16N2S/c1-3-5-10(11)12-8(2)9-6-4-7-13-9/h4,6-8H,3,5H2,1-2H3,(H2,11,12). The van der Waals surface area contributed by atoms with Gasteiger partial charge in [0.2, 0.25) is 0 Å². The number of hydrogen-bond acceptors (Lipinski definition) is 2. The van der Waals surface area contributed by atoms with Gasteiger partial charge in [-0.25, -0.2) is 0 Å². The summed E-state index contributed by atoms with van der Waals surface area (Å²) in [5.74, 6) is 0.767. The van der Waals surface area contributed by atoms with Crippen LogP contribution in [0.5, 0.6) is 0 Å². The van der Waals surface area contributed by atoms with Crippen LogP contribution in [0.2, 0.25) is 0 Å². The SMILES string of the molecule is CCCC(N)=NC(C)c1cccs1. The summed E-state index contributed by atoms with van der Waals surface area (Å²) < 4.78 is 0. The van der Waals surface area contributed by atoms with Gasteiger partial charge in [0.05, 0.1) is 11.9 Å². The highest BCUT2D eigenvalue weighted by Crippen LogP contribution is 2.21. The van der Waals surface area contributed by atoms with E-state index < -0.39 is 0 Å². The van der Waals surface area contributed by atoms with Crippen LogP contribution in [0.15, 0.2) is 22.5 Å². The van der Waals surface area contributed by atoms with Gasteiger partial charge in [-0.3, -0.25) is 4.99 Å². The average Bonchev–Trinajstić information content (AvgIpc) is 2.55. The predicted octanol–water partition coefficient (Wildman–Crippen LogP) is 2.97. The summed E-state index contributed by atoms with van der Waals surface area (Å²) in [6.07, 6.45) is 1.96. The first-order valence-electron chi connectivity index (χ1n) is 4.59. The van der Waals surface area contributed by atoms with Crippen molar-refractivity contribution in [2.45, 2.75) is 32.7 Å². The summed E-state index contributed by atoms with van der Waals surface area (Å²) in [4.78, 5) is 5.69. The Bertz CT molecular complexity index is 264. The van der Waals surface area contributed by atoms with Crippen molar-refractivity contribution in [2.24, 2.45) is 10.7 Å². The maximum atomic E-state index is 5.75. The van der Waals surface area contributed by atoms with E-state index >= 15 is 0 Å². The molecule has 0 spiro atoms. The highest BCUT2D eigenvalue weighted by molar-refractivity contribution is 7.10. The maximum absolute atomic E-state index is 5.75. The zero-order valence-electron chi connectivity index (χ0n) is 8.16. The smallest absolute Gasteiger partial charge is 0.0944 e. The van der Waals surface area contributed by atoms with Gasteiger partial charge in [0.15, 0.2) is 0 Å². The van der Waals surface area contributed by atoms with E-state index in [0.29, 0.717) is 0 Å². The summed E-state index contributed by atoms with van der Waals surface area (Å²) >= 11 is 1.73.